The van der Waals surface area contributed by atoms with Gasteiger partial charge in [0.05, 0.1) is 6.61 Å². The number of morpholine rings is 1. The standard InChI is InChI=1S/C10H17N5O2/c1-7-11-10(13-15(7)3)12-9(16)8-6-14(2)4-5-17-8/h8H,4-6H2,1-3H3,(H,12,13,16). The summed E-state index contributed by atoms with van der Waals surface area (Å²) in [7, 11) is 3.74. The minimum atomic E-state index is -0.446. The van der Waals surface area contributed by atoms with Gasteiger partial charge in [0.25, 0.3) is 5.91 Å². The lowest BCUT2D eigenvalue weighted by molar-refractivity contribution is -0.132. The average Bonchev–Trinajstić information content (AvgIpc) is 2.58. The van der Waals surface area contributed by atoms with E-state index in [9.17, 15) is 4.79 Å². The summed E-state index contributed by atoms with van der Waals surface area (Å²) in [5.74, 6) is 0.885. The monoisotopic (exact) mass is 239 g/mol. The van der Waals surface area contributed by atoms with E-state index in [1.807, 2.05) is 14.0 Å². The van der Waals surface area contributed by atoms with E-state index in [1.165, 1.54) is 0 Å². The van der Waals surface area contributed by atoms with Gasteiger partial charge in [0.1, 0.15) is 11.9 Å². The van der Waals surface area contributed by atoms with E-state index >= 15 is 0 Å². The molecule has 1 amide bonds. The van der Waals surface area contributed by atoms with Gasteiger partial charge < -0.3 is 9.64 Å². The summed E-state index contributed by atoms with van der Waals surface area (Å²) in [5.41, 5.74) is 0. The van der Waals surface area contributed by atoms with Crippen LogP contribution in [0.5, 0.6) is 0 Å². The number of aryl methyl sites for hydroxylation is 2. The van der Waals surface area contributed by atoms with Crippen LogP contribution in [0.2, 0.25) is 0 Å². The van der Waals surface area contributed by atoms with E-state index in [-0.39, 0.29) is 5.91 Å². The summed E-state index contributed by atoms with van der Waals surface area (Å²) in [4.78, 5) is 18.1. The SMILES string of the molecule is Cc1nc(NC(=O)C2CN(C)CCO2)nn1C. The summed E-state index contributed by atoms with van der Waals surface area (Å²) < 4.78 is 7.02. The lowest BCUT2D eigenvalue weighted by Crippen LogP contribution is -2.46. The number of likely N-dealkylation sites (N-methyl/N-ethyl adjacent to an activating group) is 1. The van der Waals surface area contributed by atoms with Gasteiger partial charge >= 0.3 is 0 Å². The molecule has 1 aromatic heterocycles. The van der Waals surface area contributed by atoms with Crippen LogP contribution < -0.4 is 5.32 Å². The molecule has 0 bridgehead atoms. The number of nitrogens with one attached hydrogen (secondary N) is 1. The maximum Gasteiger partial charge on any atom is 0.257 e. The Bertz CT molecular complexity index is 397. The fourth-order valence-electron chi connectivity index (χ4n) is 1.64. The molecule has 2 heterocycles. The van der Waals surface area contributed by atoms with E-state index in [1.54, 1.807) is 11.7 Å². The summed E-state index contributed by atoms with van der Waals surface area (Å²) in [6.45, 7) is 3.85. The molecule has 7 heteroatoms. The van der Waals surface area contributed by atoms with Crippen LogP contribution in [-0.4, -0.2) is 58.4 Å². The van der Waals surface area contributed by atoms with Gasteiger partial charge in [-0.1, -0.05) is 0 Å². The first-order chi connectivity index (χ1) is 8.06. The molecule has 1 aliphatic rings. The second-order valence-corrected chi connectivity index (χ2v) is 4.22. The maximum atomic E-state index is 11.9. The van der Waals surface area contributed by atoms with Crippen molar-refractivity contribution < 1.29 is 9.53 Å². The first-order valence-corrected chi connectivity index (χ1v) is 5.55. The molecular formula is C10H17N5O2. The number of nitrogens with zero attached hydrogens (tertiary/aromatic N) is 4. The topological polar surface area (TPSA) is 72.3 Å². The quantitative estimate of drug-likeness (QED) is 0.745. The van der Waals surface area contributed by atoms with Gasteiger partial charge in [-0.15, -0.1) is 5.10 Å². The molecule has 1 fully saturated rings. The highest BCUT2D eigenvalue weighted by molar-refractivity contribution is 5.92. The highest BCUT2D eigenvalue weighted by Crippen LogP contribution is 2.06. The lowest BCUT2D eigenvalue weighted by atomic mass is 10.2. The van der Waals surface area contributed by atoms with Crippen LogP contribution in [0.15, 0.2) is 0 Å². The average molecular weight is 239 g/mol. The molecular weight excluding hydrogens is 222 g/mol. The van der Waals surface area contributed by atoms with Gasteiger partial charge in [-0.25, -0.2) is 0 Å². The van der Waals surface area contributed by atoms with Crippen LogP contribution in [-0.2, 0) is 16.6 Å². The molecule has 94 valence electrons. The molecule has 0 spiro atoms. The molecule has 1 atom stereocenters. The zero-order valence-electron chi connectivity index (χ0n) is 10.3. The Hall–Kier alpha value is -1.47. The first-order valence-electron chi connectivity index (χ1n) is 5.55. The Morgan fingerprint density at radius 3 is 2.88 bits per heavy atom. The summed E-state index contributed by atoms with van der Waals surface area (Å²) in [6, 6.07) is 0. The number of rotatable bonds is 2. The Morgan fingerprint density at radius 2 is 2.29 bits per heavy atom. The van der Waals surface area contributed by atoms with Crippen molar-refractivity contribution in [1.29, 1.82) is 0 Å². The maximum absolute atomic E-state index is 11.9. The van der Waals surface area contributed by atoms with E-state index in [0.717, 1.165) is 12.4 Å². The first kappa shape index (κ1) is 12.0. The molecule has 1 N–H and O–H groups in total. The van der Waals surface area contributed by atoms with Crippen LogP contribution in [0, 0.1) is 6.92 Å². The molecule has 1 saturated heterocycles. The van der Waals surface area contributed by atoms with E-state index in [4.69, 9.17) is 4.74 Å². The number of carbonyl (C=O) groups is 1. The molecule has 1 aromatic rings. The number of amides is 1. The summed E-state index contributed by atoms with van der Waals surface area (Å²) in [6.07, 6.45) is -0.446. The third-order valence-corrected chi connectivity index (χ3v) is 2.78. The van der Waals surface area contributed by atoms with Crippen LogP contribution in [0.25, 0.3) is 0 Å². The zero-order valence-corrected chi connectivity index (χ0v) is 10.3. The molecule has 0 aliphatic carbocycles. The number of aromatic nitrogens is 3. The third kappa shape index (κ3) is 2.80. The van der Waals surface area contributed by atoms with Gasteiger partial charge in [0, 0.05) is 20.1 Å². The highest BCUT2D eigenvalue weighted by atomic mass is 16.5. The van der Waals surface area contributed by atoms with Gasteiger partial charge in [-0.05, 0) is 14.0 Å². The van der Waals surface area contributed by atoms with E-state index in [0.29, 0.717) is 19.1 Å². The fraction of sp³-hybridized carbons (Fsp3) is 0.700. The van der Waals surface area contributed by atoms with Crippen molar-refractivity contribution in [3.05, 3.63) is 5.82 Å². The summed E-state index contributed by atoms with van der Waals surface area (Å²) in [5, 5.41) is 6.73. The molecule has 7 nitrogen and oxygen atoms in total. The lowest BCUT2D eigenvalue weighted by Gasteiger charge is -2.28. The van der Waals surface area contributed by atoms with Crippen molar-refractivity contribution >= 4 is 11.9 Å². The Kier molecular flexibility index (Phi) is 3.39. The van der Waals surface area contributed by atoms with Crippen LogP contribution >= 0.6 is 0 Å². The van der Waals surface area contributed by atoms with Crippen molar-refractivity contribution in [2.45, 2.75) is 13.0 Å². The Labute approximate surface area is 99.8 Å². The highest BCUT2D eigenvalue weighted by Gasteiger charge is 2.25. The normalized spacial score (nSPS) is 21.5. The van der Waals surface area contributed by atoms with Crippen LogP contribution in [0.3, 0.4) is 0 Å². The summed E-state index contributed by atoms with van der Waals surface area (Å²) >= 11 is 0. The molecule has 1 aliphatic heterocycles. The van der Waals surface area contributed by atoms with E-state index < -0.39 is 6.10 Å². The second kappa shape index (κ2) is 4.80. The predicted octanol–water partition coefficient (Wildman–Crippen LogP) is -0.607. The van der Waals surface area contributed by atoms with Crippen molar-refractivity contribution in [2.24, 2.45) is 7.05 Å². The number of hydrogen-bond donors (Lipinski definition) is 1. The zero-order chi connectivity index (χ0) is 12.4. The van der Waals surface area contributed by atoms with Gasteiger partial charge in [0.15, 0.2) is 0 Å². The Morgan fingerprint density at radius 1 is 1.53 bits per heavy atom. The largest absolute Gasteiger partial charge is 0.366 e. The minimum absolute atomic E-state index is 0.192. The molecule has 2 rings (SSSR count). The Balaban J connectivity index is 1.96. The van der Waals surface area contributed by atoms with Gasteiger partial charge in [-0.3, -0.25) is 14.8 Å². The van der Waals surface area contributed by atoms with Crippen molar-refractivity contribution in [3.63, 3.8) is 0 Å². The van der Waals surface area contributed by atoms with Crippen molar-refractivity contribution in [2.75, 3.05) is 32.1 Å². The predicted molar refractivity (Wildman–Crippen MR) is 61.6 cm³/mol. The third-order valence-electron chi connectivity index (χ3n) is 2.78. The number of anilines is 1. The van der Waals surface area contributed by atoms with Gasteiger partial charge in [0.2, 0.25) is 5.95 Å². The number of hydrogen-bond acceptors (Lipinski definition) is 5. The van der Waals surface area contributed by atoms with Crippen molar-refractivity contribution in [3.8, 4) is 0 Å². The molecule has 0 saturated carbocycles. The van der Waals surface area contributed by atoms with Crippen LogP contribution in [0.4, 0.5) is 5.95 Å². The fourth-order valence-corrected chi connectivity index (χ4v) is 1.64. The van der Waals surface area contributed by atoms with E-state index in [2.05, 4.69) is 20.3 Å². The van der Waals surface area contributed by atoms with Crippen LogP contribution in [0.1, 0.15) is 5.82 Å². The number of ether oxygens (including phenoxy) is 1. The molecule has 1 unspecified atom stereocenters. The minimum Gasteiger partial charge on any atom is -0.366 e. The second-order valence-electron chi connectivity index (χ2n) is 4.22. The molecule has 0 radical (unpaired) electrons. The van der Waals surface area contributed by atoms with Gasteiger partial charge in [-0.2, -0.15) is 4.98 Å². The smallest absolute Gasteiger partial charge is 0.257 e. The van der Waals surface area contributed by atoms with Crippen molar-refractivity contribution in [1.82, 2.24) is 19.7 Å². The molecule has 0 aromatic carbocycles. The molecule has 17 heavy (non-hydrogen) atoms. The number of carbonyl (C=O) groups excluding carboxylic acids is 1.